The number of methoxy groups -OCH3 is 3. The third kappa shape index (κ3) is 4.64. The molecule has 0 N–H and O–H groups in total. The number of esters is 1. The molecule has 0 saturated carbocycles. The van der Waals surface area contributed by atoms with Crippen LogP contribution in [-0.2, 0) is 9.53 Å². The van der Waals surface area contributed by atoms with Crippen molar-refractivity contribution in [3.05, 3.63) is 83.5 Å². The number of carbonyl (C=O) groups is 1. The molecule has 188 valence electrons. The van der Waals surface area contributed by atoms with Crippen LogP contribution in [0.3, 0.4) is 0 Å². The van der Waals surface area contributed by atoms with Gasteiger partial charge in [-0.1, -0.05) is 22.9 Å². The van der Waals surface area contributed by atoms with E-state index < -0.39 is 12.0 Å². The van der Waals surface area contributed by atoms with Gasteiger partial charge in [-0.15, -0.1) is 0 Å². The highest BCUT2D eigenvalue weighted by Crippen LogP contribution is 2.37. The van der Waals surface area contributed by atoms with Gasteiger partial charge in [0.15, 0.2) is 4.80 Å². The Bertz CT molecular complexity index is 1540. The summed E-state index contributed by atoms with van der Waals surface area (Å²) in [5.74, 6) is 1.06. The fourth-order valence-electron chi connectivity index (χ4n) is 4.09. The minimum Gasteiger partial charge on any atom is -0.497 e. The van der Waals surface area contributed by atoms with Gasteiger partial charge in [0.2, 0.25) is 0 Å². The second-order valence-corrected chi connectivity index (χ2v) is 9.24. The number of fused-ring (bicyclic) bond motifs is 1. The summed E-state index contributed by atoms with van der Waals surface area (Å²) in [5.41, 5.74) is 1.65. The molecule has 36 heavy (non-hydrogen) atoms. The van der Waals surface area contributed by atoms with E-state index in [1.165, 1.54) is 23.0 Å². The Morgan fingerprint density at radius 1 is 1.11 bits per heavy atom. The van der Waals surface area contributed by atoms with E-state index in [0.29, 0.717) is 48.4 Å². The van der Waals surface area contributed by atoms with Crippen LogP contribution >= 0.6 is 22.9 Å². The van der Waals surface area contributed by atoms with Crippen molar-refractivity contribution in [2.75, 3.05) is 27.9 Å². The van der Waals surface area contributed by atoms with Crippen molar-refractivity contribution in [2.45, 2.75) is 19.9 Å². The largest absolute Gasteiger partial charge is 0.497 e. The molecule has 0 saturated heterocycles. The number of nitrogens with zero attached hydrogens (tertiary/aromatic N) is 2. The lowest BCUT2D eigenvalue weighted by Gasteiger charge is -2.26. The number of ether oxygens (including phenoxy) is 4. The summed E-state index contributed by atoms with van der Waals surface area (Å²) < 4.78 is 23.6. The molecule has 0 spiro atoms. The number of hydrogen-bond acceptors (Lipinski definition) is 8. The highest BCUT2D eigenvalue weighted by atomic mass is 35.5. The third-order valence-electron chi connectivity index (χ3n) is 5.73. The van der Waals surface area contributed by atoms with E-state index in [1.807, 2.05) is 0 Å². The van der Waals surface area contributed by atoms with E-state index >= 15 is 0 Å². The highest BCUT2D eigenvalue weighted by Gasteiger charge is 2.35. The van der Waals surface area contributed by atoms with E-state index in [1.54, 1.807) is 70.5 Å². The molecule has 1 aromatic heterocycles. The minimum atomic E-state index is -0.815. The Kier molecular flexibility index (Phi) is 7.51. The maximum atomic E-state index is 13.8. The maximum absolute atomic E-state index is 13.8. The van der Waals surface area contributed by atoms with Crippen molar-refractivity contribution >= 4 is 35.0 Å². The smallest absolute Gasteiger partial charge is 0.338 e. The van der Waals surface area contributed by atoms with Crippen LogP contribution in [0.2, 0.25) is 5.02 Å². The van der Waals surface area contributed by atoms with Gasteiger partial charge in [-0.25, -0.2) is 9.79 Å². The van der Waals surface area contributed by atoms with Gasteiger partial charge in [0, 0.05) is 22.2 Å². The SMILES string of the molecule is CCOC(=O)C1=C(C)N=c2sc(=Cc3cc(Cl)ccc3OC)c(=O)n2C1c1ccc(OC)cc1OC. The third-order valence-corrected chi connectivity index (χ3v) is 6.95. The molecule has 0 fully saturated rings. The van der Waals surface area contributed by atoms with E-state index in [0.717, 1.165) is 0 Å². The quantitative estimate of drug-likeness (QED) is 0.436. The number of hydrogen-bond donors (Lipinski definition) is 0. The molecule has 1 aliphatic heterocycles. The van der Waals surface area contributed by atoms with Gasteiger partial charge in [0.05, 0.1) is 43.7 Å². The zero-order valence-corrected chi connectivity index (χ0v) is 22.0. The van der Waals surface area contributed by atoms with Gasteiger partial charge in [0.25, 0.3) is 5.56 Å². The first kappa shape index (κ1) is 25.5. The van der Waals surface area contributed by atoms with Gasteiger partial charge >= 0.3 is 5.97 Å². The average Bonchev–Trinajstić information content (AvgIpc) is 3.17. The molecule has 10 heteroatoms. The van der Waals surface area contributed by atoms with Crippen molar-refractivity contribution in [1.82, 2.24) is 4.57 Å². The van der Waals surface area contributed by atoms with E-state index in [2.05, 4.69) is 4.99 Å². The molecular formula is C26H25ClN2O6S. The maximum Gasteiger partial charge on any atom is 0.338 e. The summed E-state index contributed by atoms with van der Waals surface area (Å²) in [6.07, 6.45) is 1.71. The lowest BCUT2D eigenvalue weighted by molar-refractivity contribution is -0.139. The van der Waals surface area contributed by atoms with Crippen LogP contribution in [0, 0.1) is 0 Å². The summed E-state index contributed by atoms with van der Waals surface area (Å²) in [6, 6.07) is 9.59. The van der Waals surface area contributed by atoms with Crippen LogP contribution in [0.15, 0.2) is 57.5 Å². The van der Waals surface area contributed by atoms with E-state index in [9.17, 15) is 9.59 Å². The number of benzene rings is 2. The van der Waals surface area contributed by atoms with Crippen molar-refractivity contribution in [3.8, 4) is 17.2 Å². The first-order chi connectivity index (χ1) is 17.3. The van der Waals surface area contributed by atoms with E-state index in [4.69, 9.17) is 30.5 Å². The van der Waals surface area contributed by atoms with Crippen molar-refractivity contribution in [2.24, 2.45) is 4.99 Å². The van der Waals surface area contributed by atoms with Crippen molar-refractivity contribution in [3.63, 3.8) is 0 Å². The van der Waals surface area contributed by atoms with Gasteiger partial charge < -0.3 is 18.9 Å². The monoisotopic (exact) mass is 528 g/mol. The molecule has 0 aliphatic carbocycles. The topological polar surface area (TPSA) is 88.4 Å². The van der Waals surface area contributed by atoms with Gasteiger partial charge in [0.1, 0.15) is 23.3 Å². The molecule has 8 nitrogen and oxygen atoms in total. The second-order valence-electron chi connectivity index (χ2n) is 7.80. The Balaban J connectivity index is 2.01. The number of carbonyl (C=O) groups excluding carboxylic acids is 1. The molecule has 1 unspecified atom stereocenters. The number of halogens is 1. The number of aromatic nitrogens is 1. The van der Waals surface area contributed by atoms with Crippen LogP contribution in [0.1, 0.15) is 31.0 Å². The summed E-state index contributed by atoms with van der Waals surface area (Å²) in [7, 11) is 4.62. The Labute approximate surface area is 216 Å². The van der Waals surface area contributed by atoms with Crippen LogP contribution < -0.4 is 29.1 Å². The van der Waals surface area contributed by atoms with Crippen molar-refractivity contribution in [1.29, 1.82) is 0 Å². The predicted molar refractivity (Wildman–Crippen MR) is 138 cm³/mol. The van der Waals surface area contributed by atoms with Crippen LogP contribution in [-0.4, -0.2) is 38.5 Å². The zero-order valence-electron chi connectivity index (χ0n) is 20.5. The molecule has 2 heterocycles. The molecular weight excluding hydrogens is 504 g/mol. The molecule has 1 atom stereocenters. The first-order valence-corrected chi connectivity index (χ1v) is 12.3. The normalized spacial score (nSPS) is 15.3. The standard InChI is InChI=1S/C26H25ClN2O6S/c1-6-35-25(31)22-14(2)28-26-29(23(22)18-9-8-17(32-3)13-20(18)34-5)24(30)21(36-26)12-15-11-16(27)7-10-19(15)33-4/h7-13,23H,6H2,1-5H3. The summed E-state index contributed by atoms with van der Waals surface area (Å²) in [4.78, 5) is 31.9. The summed E-state index contributed by atoms with van der Waals surface area (Å²) >= 11 is 7.40. The predicted octanol–water partition coefficient (Wildman–Crippen LogP) is 3.48. The van der Waals surface area contributed by atoms with Crippen LogP contribution in [0.25, 0.3) is 6.08 Å². The van der Waals surface area contributed by atoms with Crippen LogP contribution in [0.5, 0.6) is 17.2 Å². The lowest BCUT2D eigenvalue weighted by atomic mass is 9.95. The van der Waals surface area contributed by atoms with Gasteiger partial charge in [-0.05, 0) is 50.3 Å². The molecule has 2 aromatic carbocycles. The highest BCUT2D eigenvalue weighted by molar-refractivity contribution is 7.07. The van der Waals surface area contributed by atoms with E-state index in [-0.39, 0.29) is 17.7 Å². The molecule has 1 aliphatic rings. The summed E-state index contributed by atoms with van der Waals surface area (Å²) in [6.45, 7) is 3.64. The molecule has 0 amide bonds. The lowest BCUT2D eigenvalue weighted by Crippen LogP contribution is -2.40. The summed E-state index contributed by atoms with van der Waals surface area (Å²) in [5, 5.41) is 0.510. The van der Waals surface area contributed by atoms with Gasteiger partial charge in [-0.3, -0.25) is 9.36 Å². The molecule has 3 aromatic rings. The number of allylic oxidation sites excluding steroid dienone is 1. The minimum absolute atomic E-state index is 0.182. The molecule has 0 radical (unpaired) electrons. The molecule has 0 bridgehead atoms. The average molecular weight is 529 g/mol. The number of rotatable bonds is 7. The Morgan fingerprint density at radius 3 is 2.53 bits per heavy atom. The Hall–Kier alpha value is -3.56. The van der Waals surface area contributed by atoms with Crippen LogP contribution in [0.4, 0.5) is 0 Å². The zero-order chi connectivity index (χ0) is 26.0. The first-order valence-electron chi connectivity index (χ1n) is 11.1. The van der Waals surface area contributed by atoms with Gasteiger partial charge in [-0.2, -0.15) is 0 Å². The Morgan fingerprint density at radius 2 is 1.86 bits per heavy atom. The fraction of sp³-hybridized carbons (Fsp3) is 0.269. The number of thiazole rings is 1. The molecule has 4 rings (SSSR count). The van der Waals surface area contributed by atoms with Crippen molar-refractivity contribution < 1.29 is 23.7 Å². The fourth-order valence-corrected chi connectivity index (χ4v) is 5.31. The second kappa shape index (κ2) is 10.6.